The number of nitrogens with one attached hydrogen (secondary N) is 1. The number of methoxy groups -OCH3 is 2. The third kappa shape index (κ3) is 4.00. The smallest absolute Gasteiger partial charge is 0.229 e. The second kappa shape index (κ2) is 7.97. The molecule has 0 radical (unpaired) electrons. The predicted molar refractivity (Wildman–Crippen MR) is 102 cm³/mol. The fourth-order valence-electron chi connectivity index (χ4n) is 2.47. The third-order valence-corrected chi connectivity index (χ3v) is 5.01. The predicted octanol–water partition coefficient (Wildman–Crippen LogP) is 3.71. The number of thiazole rings is 1. The summed E-state index contributed by atoms with van der Waals surface area (Å²) < 4.78 is 10.5. The van der Waals surface area contributed by atoms with Gasteiger partial charge in [0.05, 0.1) is 26.3 Å². The molecule has 2 heterocycles. The minimum Gasteiger partial charge on any atom is -0.493 e. The maximum absolute atomic E-state index is 12.4. The molecule has 0 fully saturated rings. The summed E-state index contributed by atoms with van der Waals surface area (Å²) in [6.07, 6.45) is 3.73. The molecule has 1 N–H and O–H groups in total. The highest BCUT2D eigenvalue weighted by Crippen LogP contribution is 2.30. The molecule has 0 aliphatic carbocycles. The number of aromatic nitrogens is 2. The van der Waals surface area contributed by atoms with Gasteiger partial charge in [-0.3, -0.25) is 9.78 Å². The number of anilines is 1. The Bertz CT molecular complexity index is 910. The molecule has 0 aliphatic rings. The molecule has 0 bridgehead atoms. The zero-order valence-corrected chi connectivity index (χ0v) is 15.6. The molecule has 134 valence electrons. The van der Waals surface area contributed by atoms with Crippen LogP contribution in [0.3, 0.4) is 0 Å². The molecule has 7 heteroatoms. The van der Waals surface area contributed by atoms with Gasteiger partial charge in [-0.15, -0.1) is 11.3 Å². The summed E-state index contributed by atoms with van der Waals surface area (Å²) in [5.41, 5.74) is 2.52. The first-order valence-electron chi connectivity index (χ1n) is 7.99. The van der Waals surface area contributed by atoms with Crippen molar-refractivity contribution < 1.29 is 14.3 Å². The van der Waals surface area contributed by atoms with Gasteiger partial charge in [-0.1, -0.05) is 0 Å². The minimum absolute atomic E-state index is 0.106. The Balaban J connectivity index is 1.72. The SMILES string of the molecule is COc1ccc(NC(=O)Cc2sc(-c3ccncc3)nc2C)cc1OC. The van der Waals surface area contributed by atoms with Gasteiger partial charge in [0.2, 0.25) is 5.91 Å². The molecule has 26 heavy (non-hydrogen) atoms. The van der Waals surface area contributed by atoms with Gasteiger partial charge in [0, 0.05) is 34.6 Å². The van der Waals surface area contributed by atoms with Gasteiger partial charge >= 0.3 is 0 Å². The molecule has 6 nitrogen and oxygen atoms in total. The molecule has 0 saturated heterocycles. The van der Waals surface area contributed by atoms with Crippen molar-refractivity contribution >= 4 is 22.9 Å². The second-order valence-corrected chi connectivity index (χ2v) is 6.64. The highest BCUT2D eigenvalue weighted by molar-refractivity contribution is 7.15. The first-order valence-corrected chi connectivity index (χ1v) is 8.81. The van der Waals surface area contributed by atoms with E-state index in [1.54, 1.807) is 44.8 Å². The zero-order chi connectivity index (χ0) is 18.5. The Morgan fingerprint density at radius 1 is 1.12 bits per heavy atom. The van der Waals surface area contributed by atoms with Gasteiger partial charge in [0.1, 0.15) is 5.01 Å². The number of benzene rings is 1. The number of rotatable bonds is 6. The number of hydrogen-bond donors (Lipinski definition) is 1. The molecule has 1 amide bonds. The van der Waals surface area contributed by atoms with Crippen LogP contribution in [-0.4, -0.2) is 30.1 Å². The van der Waals surface area contributed by atoms with Crippen LogP contribution in [0.4, 0.5) is 5.69 Å². The van der Waals surface area contributed by atoms with Crippen LogP contribution in [0.5, 0.6) is 11.5 Å². The lowest BCUT2D eigenvalue weighted by Gasteiger charge is -2.10. The van der Waals surface area contributed by atoms with Gasteiger partial charge in [0.25, 0.3) is 0 Å². The van der Waals surface area contributed by atoms with Crippen molar-refractivity contribution in [3.63, 3.8) is 0 Å². The van der Waals surface area contributed by atoms with Crippen molar-refractivity contribution in [2.45, 2.75) is 13.3 Å². The maximum atomic E-state index is 12.4. The lowest BCUT2D eigenvalue weighted by atomic mass is 10.2. The molecule has 0 unspecified atom stereocenters. The van der Waals surface area contributed by atoms with E-state index in [1.807, 2.05) is 19.1 Å². The summed E-state index contributed by atoms with van der Waals surface area (Å²) in [5, 5.41) is 3.77. The van der Waals surface area contributed by atoms with E-state index < -0.39 is 0 Å². The molecule has 0 aliphatic heterocycles. The number of ether oxygens (including phenoxy) is 2. The maximum Gasteiger partial charge on any atom is 0.229 e. The Kier molecular flexibility index (Phi) is 5.48. The van der Waals surface area contributed by atoms with Crippen LogP contribution in [0.15, 0.2) is 42.7 Å². The minimum atomic E-state index is -0.106. The Labute approximate surface area is 155 Å². The average molecular weight is 369 g/mol. The molecular weight excluding hydrogens is 350 g/mol. The summed E-state index contributed by atoms with van der Waals surface area (Å²) in [6, 6.07) is 9.09. The molecule has 3 aromatic rings. The van der Waals surface area contributed by atoms with E-state index in [0.29, 0.717) is 17.2 Å². The van der Waals surface area contributed by atoms with Crippen LogP contribution in [0.25, 0.3) is 10.6 Å². The topological polar surface area (TPSA) is 73.3 Å². The van der Waals surface area contributed by atoms with Crippen LogP contribution in [0, 0.1) is 6.92 Å². The third-order valence-electron chi connectivity index (χ3n) is 3.81. The van der Waals surface area contributed by atoms with Crippen LogP contribution >= 0.6 is 11.3 Å². The number of carbonyl (C=O) groups excluding carboxylic acids is 1. The first kappa shape index (κ1) is 17.9. The Morgan fingerprint density at radius 3 is 2.54 bits per heavy atom. The summed E-state index contributed by atoms with van der Waals surface area (Å²) in [7, 11) is 3.13. The number of hydrogen-bond acceptors (Lipinski definition) is 6. The highest BCUT2D eigenvalue weighted by Gasteiger charge is 2.14. The summed E-state index contributed by atoms with van der Waals surface area (Å²) in [4.78, 5) is 21.9. The zero-order valence-electron chi connectivity index (χ0n) is 14.8. The molecule has 1 aromatic carbocycles. The Hall–Kier alpha value is -2.93. The monoisotopic (exact) mass is 369 g/mol. The standard InChI is InChI=1S/C19H19N3O3S/c1-12-17(26-19(21-12)13-6-8-20-9-7-13)11-18(23)22-14-4-5-15(24-2)16(10-14)25-3/h4-10H,11H2,1-3H3,(H,22,23). The van der Waals surface area contributed by atoms with E-state index >= 15 is 0 Å². The fraction of sp³-hybridized carbons (Fsp3) is 0.211. The molecule has 0 atom stereocenters. The molecular formula is C19H19N3O3S. The number of pyridine rings is 1. The second-order valence-electron chi connectivity index (χ2n) is 5.56. The van der Waals surface area contributed by atoms with Crippen molar-refractivity contribution in [3.05, 3.63) is 53.3 Å². The van der Waals surface area contributed by atoms with Crippen LogP contribution < -0.4 is 14.8 Å². The number of amides is 1. The van der Waals surface area contributed by atoms with E-state index in [-0.39, 0.29) is 12.3 Å². The molecule has 0 spiro atoms. The summed E-state index contributed by atoms with van der Waals surface area (Å²) >= 11 is 1.52. The van der Waals surface area contributed by atoms with Crippen molar-refractivity contribution in [3.8, 4) is 22.1 Å². The summed E-state index contributed by atoms with van der Waals surface area (Å²) in [5.74, 6) is 1.08. The van der Waals surface area contributed by atoms with E-state index in [2.05, 4.69) is 15.3 Å². The van der Waals surface area contributed by atoms with E-state index in [4.69, 9.17) is 9.47 Å². The lowest BCUT2D eigenvalue weighted by molar-refractivity contribution is -0.115. The van der Waals surface area contributed by atoms with Gasteiger partial charge < -0.3 is 14.8 Å². The largest absolute Gasteiger partial charge is 0.493 e. The van der Waals surface area contributed by atoms with Crippen LogP contribution in [-0.2, 0) is 11.2 Å². The van der Waals surface area contributed by atoms with Crippen molar-refractivity contribution in [1.29, 1.82) is 0 Å². The van der Waals surface area contributed by atoms with Gasteiger partial charge in [-0.25, -0.2) is 4.98 Å². The van der Waals surface area contributed by atoms with Crippen molar-refractivity contribution in [1.82, 2.24) is 9.97 Å². The molecule has 3 rings (SSSR count). The lowest BCUT2D eigenvalue weighted by Crippen LogP contribution is -2.14. The van der Waals surface area contributed by atoms with Gasteiger partial charge in [-0.05, 0) is 31.2 Å². The van der Waals surface area contributed by atoms with Crippen molar-refractivity contribution in [2.24, 2.45) is 0 Å². The fourth-order valence-corrected chi connectivity index (χ4v) is 3.54. The van der Waals surface area contributed by atoms with Crippen LogP contribution in [0.1, 0.15) is 10.6 Å². The number of nitrogens with zero attached hydrogens (tertiary/aromatic N) is 2. The molecule has 0 saturated carbocycles. The van der Waals surface area contributed by atoms with E-state index in [1.165, 1.54) is 11.3 Å². The van der Waals surface area contributed by atoms with Crippen LogP contribution in [0.2, 0.25) is 0 Å². The average Bonchev–Trinajstić information content (AvgIpc) is 3.02. The van der Waals surface area contributed by atoms with Crippen molar-refractivity contribution in [2.75, 3.05) is 19.5 Å². The highest BCUT2D eigenvalue weighted by atomic mass is 32.1. The van der Waals surface area contributed by atoms with Gasteiger partial charge in [-0.2, -0.15) is 0 Å². The van der Waals surface area contributed by atoms with E-state index in [9.17, 15) is 4.79 Å². The molecule has 2 aromatic heterocycles. The number of carbonyl (C=O) groups is 1. The quantitative estimate of drug-likeness (QED) is 0.717. The van der Waals surface area contributed by atoms with Gasteiger partial charge in [0.15, 0.2) is 11.5 Å². The normalized spacial score (nSPS) is 10.4. The number of aryl methyl sites for hydroxylation is 1. The first-order chi connectivity index (χ1) is 12.6. The summed E-state index contributed by atoms with van der Waals surface area (Å²) in [6.45, 7) is 1.92. The van der Waals surface area contributed by atoms with E-state index in [0.717, 1.165) is 21.1 Å². The Morgan fingerprint density at radius 2 is 1.85 bits per heavy atom.